The number of anilines is 1. The standard InChI is InChI=1S/C25H29ClN4O5/c1-4-35-24(32)21-22(16-5-10-19(33-2)20(15-16)34-3)27-25(28-23(21)31)30-13-11-29(12-14-30)18-8-6-17(26)7-9-18/h5-10,15,21-22H,4,11-14H2,1-3H3,(H,27,28,31)/t21-,22+/m0/s1. The van der Waals surface area contributed by atoms with Gasteiger partial charge in [0.2, 0.25) is 11.9 Å². The van der Waals surface area contributed by atoms with E-state index in [1.54, 1.807) is 32.2 Å². The van der Waals surface area contributed by atoms with Crippen LogP contribution in [-0.4, -0.2) is 69.7 Å². The van der Waals surface area contributed by atoms with Gasteiger partial charge in [-0.15, -0.1) is 0 Å². The zero-order chi connectivity index (χ0) is 24.9. The van der Waals surface area contributed by atoms with Crippen LogP contribution in [0.25, 0.3) is 0 Å². The van der Waals surface area contributed by atoms with Gasteiger partial charge in [-0.2, -0.15) is 0 Å². The molecule has 9 nitrogen and oxygen atoms in total. The predicted octanol–water partition coefficient (Wildman–Crippen LogP) is 2.89. The van der Waals surface area contributed by atoms with E-state index in [9.17, 15) is 9.59 Å². The van der Waals surface area contributed by atoms with E-state index in [-0.39, 0.29) is 6.61 Å². The number of benzene rings is 2. The van der Waals surface area contributed by atoms with Crippen molar-refractivity contribution in [2.45, 2.75) is 13.0 Å². The molecule has 186 valence electrons. The number of ether oxygens (including phenoxy) is 3. The van der Waals surface area contributed by atoms with Crippen molar-refractivity contribution < 1.29 is 23.8 Å². The molecule has 2 heterocycles. The number of rotatable bonds is 6. The Balaban J connectivity index is 1.60. The molecule has 0 aliphatic carbocycles. The molecule has 2 aliphatic rings. The number of aliphatic imine (C=N–C) groups is 1. The molecule has 0 aromatic heterocycles. The Morgan fingerprint density at radius 3 is 2.31 bits per heavy atom. The molecule has 0 spiro atoms. The lowest BCUT2D eigenvalue weighted by atomic mass is 9.91. The maximum absolute atomic E-state index is 13.1. The second kappa shape index (κ2) is 10.9. The zero-order valence-electron chi connectivity index (χ0n) is 20.0. The number of guanidine groups is 1. The van der Waals surface area contributed by atoms with Gasteiger partial charge in [0.25, 0.3) is 0 Å². The van der Waals surface area contributed by atoms with Crippen LogP contribution in [0.15, 0.2) is 47.5 Å². The fourth-order valence-corrected chi connectivity index (χ4v) is 4.46. The molecular weight excluding hydrogens is 472 g/mol. The molecule has 2 aromatic carbocycles. The third-order valence-corrected chi connectivity index (χ3v) is 6.41. The number of esters is 1. The number of nitrogens with zero attached hydrogens (tertiary/aromatic N) is 3. The maximum Gasteiger partial charge on any atom is 0.321 e. The minimum Gasteiger partial charge on any atom is -0.493 e. The number of methoxy groups -OCH3 is 2. The zero-order valence-corrected chi connectivity index (χ0v) is 20.7. The molecule has 2 aliphatic heterocycles. The minimum absolute atomic E-state index is 0.171. The fraction of sp³-hybridized carbons (Fsp3) is 0.400. The van der Waals surface area contributed by atoms with Crippen molar-refractivity contribution in [3.8, 4) is 11.5 Å². The molecule has 1 amide bonds. The summed E-state index contributed by atoms with van der Waals surface area (Å²) in [4.78, 5) is 35.0. The summed E-state index contributed by atoms with van der Waals surface area (Å²) in [5.41, 5.74) is 1.75. The van der Waals surface area contributed by atoms with Crippen LogP contribution in [0.3, 0.4) is 0 Å². The van der Waals surface area contributed by atoms with Crippen LogP contribution >= 0.6 is 11.6 Å². The second-order valence-electron chi connectivity index (χ2n) is 8.18. The Morgan fingerprint density at radius 2 is 1.69 bits per heavy atom. The van der Waals surface area contributed by atoms with Crippen molar-refractivity contribution in [2.75, 3.05) is 51.9 Å². The average molecular weight is 501 g/mol. The number of carbonyl (C=O) groups is 2. The van der Waals surface area contributed by atoms with E-state index in [2.05, 4.69) is 10.2 Å². The van der Waals surface area contributed by atoms with Crippen LogP contribution in [0.1, 0.15) is 18.5 Å². The molecule has 2 atom stereocenters. The molecule has 10 heteroatoms. The molecule has 1 fully saturated rings. The number of piperazine rings is 1. The van der Waals surface area contributed by atoms with Crippen LogP contribution in [0.4, 0.5) is 5.69 Å². The third-order valence-electron chi connectivity index (χ3n) is 6.16. The molecule has 0 radical (unpaired) electrons. The lowest BCUT2D eigenvalue weighted by Gasteiger charge is -2.39. The first kappa shape index (κ1) is 24.7. The Morgan fingerprint density at radius 1 is 1.03 bits per heavy atom. The fourth-order valence-electron chi connectivity index (χ4n) is 4.33. The Bertz CT molecular complexity index is 1100. The lowest BCUT2D eigenvalue weighted by molar-refractivity contribution is -0.153. The van der Waals surface area contributed by atoms with E-state index < -0.39 is 23.8 Å². The van der Waals surface area contributed by atoms with Crippen molar-refractivity contribution in [3.05, 3.63) is 53.1 Å². The monoisotopic (exact) mass is 500 g/mol. The summed E-state index contributed by atoms with van der Waals surface area (Å²) in [5.74, 6) is -0.662. The SMILES string of the molecule is CCOC(=O)[C@@H]1C(=O)NC(N2CCN(c3ccc(Cl)cc3)CC2)=N[C@@H]1c1ccc(OC)c(OC)c1. The molecular formula is C25H29ClN4O5. The summed E-state index contributed by atoms with van der Waals surface area (Å²) in [6.45, 7) is 4.69. The summed E-state index contributed by atoms with van der Waals surface area (Å²) >= 11 is 6.01. The van der Waals surface area contributed by atoms with E-state index in [4.69, 9.17) is 30.8 Å². The summed E-state index contributed by atoms with van der Waals surface area (Å²) in [6, 6.07) is 12.2. The van der Waals surface area contributed by atoms with Crippen molar-refractivity contribution >= 4 is 35.1 Å². The average Bonchev–Trinajstić information content (AvgIpc) is 2.88. The number of carbonyl (C=O) groups excluding carboxylic acids is 2. The quantitative estimate of drug-likeness (QED) is 0.481. The largest absolute Gasteiger partial charge is 0.493 e. The summed E-state index contributed by atoms with van der Waals surface area (Å²) in [5, 5.41) is 3.53. The number of halogens is 1. The molecule has 1 N–H and O–H groups in total. The Labute approximate surface area is 209 Å². The van der Waals surface area contributed by atoms with E-state index in [0.29, 0.717) is 41.1 Å². The number of amides is 1. The number of hydrogen-bond donors (Lipinski definition) is 1. The van der Waals surface area contributed by atoms with E-state index in [1.807, 2.05) is 29.2 Å². The van der Waals surface area contributed by atoms with Gasteiger partial charge in [0, 0.05) is 36.9 Å². The Hall–Kier alpha value is -3.46. The van der Waals surface area contributed by atoms with Gasteiger partial charge in [0.05, 0.1) is 20.8 Å². The van der Waals surface area contributed by atoms with Crippen molar-refractivity contribution in [3.63, 3.8) is 0 Å². The van der Waals surface area contributed by atoms with Gasteiger partial charge in [-0.25, -0.2) is 4.99 Å². The van der Waals surface area contributed by atoms with Crippen molar-refractivity contribution in [1.82, 2.24) is 10.2 Å². The van der Waals surface area contributed by atoms with Gasteiger partial charge in [0.15, 0.2) is 17.4 Å². The van der Waals surface area contributed by atoms with Gasteiger partial charge >= 0.3 is 5.97 Å². The van der Waals surface area contributed by atoms with E-state index in [0.717, 1.165) is 18.8 Å². The highest BCUT2D eigenvalue weighted by atomic mass is 35.5. The first-order valence-electron chi connectivity index (χ1n) is 11.5. The third kappa shape index (κ3) is 5.30. The van der Waals surface area contributed by atoms with Crippen LogP contribution in [0.5, 0.6) is 11.5 Å². The highest BCUT2D eigenvalue weighted by molar-refractivity contribution is 6.30. The molecule has 1 saturated heterocycles. The topological polar surface area (TPSA) is 92.7 Å². The van der Waals surface area contributed by atoms with Gasteiger partial charge in [0.1, 0.15) is 6.04 Å². The molecule has 4 rings (SSSR count). The van der Waals surface area contributed by atoms with Gasteiger partial charge < -0.3 is 24.0 Å². The molecule has 2 aromatic rings. The first-order chi connectivity index (χ1) is 16.9. The van der Waals surface area contributed by atoms with E-state index >= 15 is 0 Å². The van der Waals surface area contributed by atoms with Crippen LogP contribution in [0, 0.1) is 5.92 Å². The molecule has 35 heavy (non-hydrogen) atoms. The van der Waals surface area contributed by atoms with Gasteiger partial charge in [-0.1, -0.05) is 17.7 Å². The smallest absolute Gasteiger partial charge is 0.321 e. The molecule has 0 unspecified atom stereocenters. The minimum atomic E-state index is -1.10. The second-order valence-corrected chi connectivity index (χ2v) is 8.62. The lowest BCUT2D eigenvalue weighted by Crippen LogP contribution is -2.57. The van der Waals surface area contributed by atoms with Gasteiger partial charge in [-0.05, 0) is 48.9 Å². The van der Waals surface area contributed by atoms with Crippen LogP contribution in [0.2, 0.25) is 5.02 Å². The van der Waals surface area contributed by atoms with Crippen LogP contribution in [-0.2, 0) is 14.3 Å². The highest BCUT2D eigenvalue weighted by Gasteiger charge is 2.42. The summed E-state index contributed by atoms with van der Waals surface area (Å²) in [6.07, 6.45) is 0. The van der Waals surface area contributed by atoms with E-state index in [1.165, 1.54) is 7.11 Å². The maximum atomic E-state index is 13.1. The summed E-state index contributed by atoms with van der Waals surface area (Å²) in [7, 11) is 3.08. The van der Waals surface area contributed by atoms with Gasteiger partial charge in [-0.3, -0.25) is 14.9 Å². The first-order valence-corrected chi connectivity index (χ1v) is 11.9. The number of hydrogen-bond acceptors (Lipinski definition) is 8. The van der Waals surface area contributed by atoms with Crippen molar-refractivity contribution in [2.24, 2.45) is 10.9 Å². The summed E-state index contributed by atoms with van der Waals surface area (Å²) < 4.78 is 16.0. The highest BCUT2D eigenvalue weighted by Crippen LogP contribution is 2.36. The normalized spacial score (nSPS) is 20.1. The predicted molar refractivity (Wildman–Crippen MR) is 133 cm³/mol. The molecule has 0 bridgehead atoms. The molecule has 0 saturated carbocycles. The van der Waals surface area contributed by atoms with Crippen molar-refractivity contribution in [1.29, 1.82) is 0 Å². The van der Waals surface area contributed by atoms with Crippen LogP contribution < -0.4 is 19.7 Å². The Kier molecular flexibility index (Phi) is 7.65. The number of nitrogens with one attached hydrogen (secondary N) is 1.